The Bertz CT molecular complexity index is 868. The predicted octanol–water partition coefficient (Wildman–Crippen LogP) is 1.73. The maximum Gasteiger partial charge on any atom is 0.249 e. The number of rotatable bonds is 8. The van der Waals surface area contributed by atoms with Crippen molar-refractivity contribution in [2.45, 2.75) is 83.2 Å². The fourth-order valence-corrected chi connectivity index (χ4v) is 6.39. The molecule has 0 bridgehead atoms. The van der Waals surface area contributed by atoms with Gasteiger partial charge in [-0.1, -0.05) is 51.5 Å². The van der Waals surface area contributed by atoms with Crippen LogP contribution in [0.4, 0.5) is 0 Å². The molecule has 0 aromatic rings. The molecule has 1 N–H and O–H groups in total. The number of amides is 3. The van der Waals surface area contributed by atoms with Crippen molar-refractivity contribution in [1.29, 1.82) is 0 Å². The van der Waals surface area contributed by atoms with Gasteiger partial charge in [0.1, 0.15) is 11.6 Å². The van der Waals surface area contributed by atoms with Crippen molar-refractivity contribution in [1.82, 2.24) is 14.7 Å². The zero-order valence-corrected chi connectivity index (χ0v) is 20.9. The Morgan fingerprint density at radius 1 is 1.09 bits per heavy atom. The maximum absolute atomic E-state index is 14.1. The van der Waals surface area contributed by atoms with Crippen molar-refractivity contribution in [2.24, 2.45) is 11.8 Å². The SMILES string of the molecule is CCCC(C)N1CC=C[C@]23O[C@@H]4C=CCN(CCC)C(=O)[C@@H]4[C@H]2C(=O)N([C@@H](CC)CO)C3C1=O. The fourth-order valence-electron chi connectivity index (χ4n) is 6.39. The molecule has 8 nitrogen and oxygen atoms in total. The van der Waals surface area contributed by atoms with Crippen LogP contribution in [0.3, 0.4) is 0 Å². The van der Waals surface area contributed by atoms with Gasteiger partial charge in [0, 0.05) is 25.7 Å². The van der Waals surface area contributed by atoms with Crippen molar-refractivity contribution in [3.8, 4) is 0 Å². The molecular formula is C26H39N3O5. The first-order valence-corrected chi connectivity index (χ1v) is 12.9. The summed E-state index contributed by atoms with van der Waals surface area (Å²) in [5.41, 5.74) is -1.22. The first kappa shape index (κ1) is 24.9. The van der Waals surface area contributed by atoms with Crippen molar-refractivity contribution < 1.29 is 24.2 Å². The molecule has 4 heterocycles. The normalized spacial score (nSPS) is 34.6. The second-order valence-corrected chi connectivity index (χ2v) is 10.1. The van der Waals surface area contributed by atoms with Gasteiger partial charge in [-0.2, -0.15) is 0 Å². The lowest BCUT2D eigenvalue weighted by Gasteiger charge is -2.39. The van der Waals surface area contributed by atoms with E-state index in [1.165, 1.54) is 0 Å². The summed E-state index contributed by atoms with van der Waals surface area (Å²) >= 11 is 0. The van der Waals surface area contributed by atoms with Gasteiger partial charge in [0.25, 0.3) is 0 Å². The molecule has 3 amide bonds. The summed E-state index contributed by atoms with van der Waals surface area (Å²) in [7, 11) is 0. The molecule has 0 aromatic heterocycles. The summed E-state index contributed by atoms with van der Waals surface area (Å²) in [4.78, 5) is 47.0. The summed E-state index contributed by atoms with van der Waals surface area (Å²) in [5.74, 6) is -1.99. The molecule has 8 heteroatoms. The van der Waals surface area contributed by atoms with Crippen LogP contribution >= 0.6 is 0 Å². The first-order chi connectivity index (χ1) is 16.4. The van der Waals surface area contributed by atoms with Gasteiger partial charge in [0.05, 0.1) is 30.6 Å². The fraction of sp³-hybridized carbons (Fsp3) is 0.731. The highest BCUT2D eigenvalue weighted by Gasteiger charge is 2.72. The summed E-state index contributed by atoms with van der Waals surface area (Å²) in [5, 5.41) is 10.1. The van der Waals surface area contributed by atoms with E-state index in [0.717, 1.165) is 19.3 Å². The first-order valence-electron chi connectivity index (χ1n) is 12.9. The summed E-state index contributed by atoms with van der Waals surface area (Å²) in [6, 6.07) is -1.40. The van der Waals surface area contributed by atoms with Crippen LogP contribution < -0.4 is 0 Å². The Balaban J connectivity index is 1.82. The van der Waals surface area contributed by atoms with Crippen LogP contribution in [0.2, 0.25) is 0 Å². The summed E-state index contributed by atoms with van der Waals surface area (Å²) in [6.45, 7) is 9.34. The molecule has 2 saturated heterocycles. The number of carbonyl (C=O) groups excluding carboxylic acids is 3. The number of likely N-dealkylation sites (tertiary alicyclic amines) is 1. The molecule has 2 fully saturated rings. The largest absolute Gasteiger partial charge is 0.394 e. The van der Waals surface area contributed by atoms with E-state index in [4.69, 9.17) is 4.74 Å². The minimum Gasteiger partial charge on any atom is -0.394 e. The third-order valence-electron chi connectivity index (χ3n) is 8.02. The van der Waals surface area contributed by atoms with Gasteiger partial charge in [-0.3, -0.25) is 14.4 Å². The highest BCUT2D eigenvalue weighted by Crippen LogP contribution is 2.54. The molecule has 4 aliphatic heterocycles. The highest BCUT2D eigenvalue weighted by atomic mass is 16.5. The molecule has 7 atom stereocenters. The lowest BCUT2D eigenvalue weighted by Crippen LogP contribution is -2.59. The summed E-state index contributed by atoms with van der Waals surface area (Å²) in [6.07, 6.45) is 10.2. The lowest BCUT2D eigenvalue weighted by molar-refractivity contribution is -0.152. The molecule has 1 spiro atoms. The third-order valence-corrected chi connectivity index (χ3v) is 8.02. The van der Waals surface area contributed by atoms with Crippen molar-refractivity contribution >= 4 is 17.7 Å². The second kappa shape index (κ2) is 9.82. The number of carbonyl (C=O) groups is 3. The number of aliphatic hydroxyl groups is 1. The average molecular weight is 474 g/mol. The maximum atomic E-state index is 14.1. The Hall–Kier alpha value is -2.19. The number of hydrogen-bond acceptors (Lipinski definition) is 5. The van der Waals surface area contributed by atoms with Crippen LogP contribution in [-0.2, 0) is 19.1 Å². The van der Waals surface area contributed by atoms with E-state index in [1.54, 1.807) is 9.80 Å². The molecule has 0 aromatic carbocycles. The number of aliphatic hydroxyl groups excluding tert-OH is 1. The van der Waals surface area contributed by atoms with Gasteiger partial charge in [-0.05, 0) is 26.2 Å². The monoisotopic (exact) mass is 473 g/mol. The van der Waals surface area contributed by atoms with E-state index in [2.05, 4.69) is 6.92 Å². The van der Waals surface area contributed by atoms with Crippen LogP contribution in [0.15, 0.2) is 24.3 Å². The molecule has 0 saturated carbocycles. The van der Waals surface area contributed by atoms with Crippen molar-refractivity contribution in [2.75, 3.05) is 26.2 Å². The minimum absolute atomic E-state index is 0.0101. The average Bonchev–Trinajstić information content (AvgIpc) is 3.13. The summed E-state index contributed by atoms with van der Waals surface area (Å²) < 4.78 is 6.62. The van der Waals surface area contributed by atoms with E-state index in [9.17, 15) is 19.5 Å². The molecule has 34 heavy (non-hydrogen) atoms. The van der Waals surface area contributed by atoms with E-state index in [-0.39, 0.29) is 30.4 Å². The standard InChI is InChI=1S/C26H39N3O5/c1-5-10-17(4)28-15-9-12-26-21(24(32)29(18(7-3)16-30)22(26)25(28)33)20-19(34-26)11-8-14-27(13-6-2)23(20)31/h8-9,11-12,17-22,30H,5-7,10,13-16H2,1-4H3/t17?,18-,19+,20-,21-,22?,26-/m0/s1. The number of fused-ring (bicyclic) bond motifs is 2. The lowest BCUT2D eigenvalue weighted by atomic mass is 9.77. The highest BCUT2D eigenvalue weighted by molar-refractivity contribution is 6.00. The number of hydrogen-bond donors (Lipinski definition) is 1. The quantitative estimate of drug-likeness (QED) is 0.543. The number of nitrogens with zero attached hydrogens (tertiary/aromatic N) is 3. The minimum atomic E-state index is -1.22. The Morgan fingerprint density at radius 3 is 2.50 bits per heavy atom. The Labute approximate surface area is 202 Å². The van der Waals surface area contributed by atoms with Crippen LogP contribution in [-0.4, -0.2) is 93.6 Å². The molecule has 0 radical (unpaired) electrons. The zero-order valence-electron chi connectivity index (χ0n) is 20.9. The van der Waals surface area contributed by atoms with Crippen LogP contribution in [0.1, 0.15) is 53.4 Å². The molecule has 2 unspecified atom stereocenters. The van der Waals surface area contributed by atoms with Gasteiger partial charge in [0.15, 0.2) is 0 Å². The van der Waals surface area contributed by atoms with Crippen LogP contribution in [0, 0.1) is 11.8 Å². The van der Waals surface area contributed by atoms with Gasteiger partial charge in [-0.15, -0.1) is 0 Å². The molecule has 0 aliphatic carbocycles. The molecule has 4 rings (SSSR count). The zero-order chi connectivity index (χ0) is 24.6. The molecule has 4 aliphatic rings. The van der Waals surface area contributed by atoms with Crippen LogP contribution in [0.25, 0.3) is 0 Å². The van der Waals surface area contributed by atoms with Crippen molar-refractivity contribution in [3.05, 3.63) is 24.3 Å². The van der Waals surface area contributed by atoms with Gasteiger partial charge < -0.3 is 24.5 Å². The van der Waals surface area contributed by atoms with E-state index >= 15 is 0 Å². The smallest absolute Gasteiger partial charge is 0.249 e. The van der Waals surface area contributed by atoms with E-state index < -0.39 is 35.6 Å². The molecule has 188 valence electrons. The van der Waals surface area contributed by atoms with Gasteiger partial charge in [0.2, 0.25) is 17.7 Å². The van der Waals surface area contributed by atoms with Crippen LogP contribution in [0.5, 0.6) is 0 Å². The Morgan fingerprint density at radius 2 is 1.85 bits per heavy atom. The van der Waals surface area contributed by atoms with Gasteiger partial charge in [-0.25, -0.2) is 0 Å². The third kappa shape index (κ3) is 3.70. The number of ether oxygens (including phenoxy) is 1. The van der Waals surface area contributed by atoms with Gasteiger partial charge >= 0.3 is 0 Å². The predicted molar refractivity (Wildman–Crippen MR) is 128 cm³/mol. The Kier molecular flexibility index (Phi) is 7.20. The second-order valence-electron chi connectivity index (χ2n) is 10.1. The van der Waals surface area contributed by atoms with E-state index in [1.807, 2.05) is 50.0 Å². The van der Waals surface area contributed by atoms with E-state index in [0.29, 0.717) is 26.1 Å². The molecular weight excluding hydrogens is 434 g/mol. The topological polar surface area (TPSA) is 90.4 Å². The van der Waals surface area contributed by atoms with Crippen molar-refractivity contribution in [3.63, 3.8) is 0 Å².